The molecular formula is C31H36ClN3O5S. The molecule has 218 valence electrons. The fourth-order valence-electron chi connectivity index (χ4n) is 5.04. The number of anilines is 1. The van der Waals surface area contributed by atoms with Crippen molar-refractivity contribution in [3.8, 4) is 5.75 Å². The second-order valence-corrected chi connectivity index (χ2v) is 12.6. The van der Waals surface area contributed by atoms with Crippen molar-refractivity contribution in [2.75, 3.05) is 18.0 Å². The molecule has 41 heavy (non-hydrogen) atoms. The van der Waals surface area contributed by atoms with Gasteiger partial charge in [-0.05, 0) is 62.6 Å². The Labute approximate surface area is 247 Å². The first-order chi connectivity index (χ1) is 19.6. The van der Waals surface area contributed by atoms with Gasteiger partial charge in [-0.1, -0.05) is 72.5 Å². The maximum atomic E-state index is 14.1. The van der Waals surface area contributed by atoms with Gasteiger partial charge < -0.3 is 15.0 Å². The maximum absolute atomic E-state index is 14.1. The Morgan fingerprint density at radius 1 is 1.02 bits per heavy atom. The van der Waals surface area contributed by atoms with E-state index in [9.17, 15) is 18.0 Å². The average Bonchev–Trinajstić information content (AvgIpc) is 3.47. The van der Waals surface area contributed by atoms with Crippen LogP contribution in [0.4, 0.5) is 5.69 Å². The SMILES string of the molecule is COc1ccc(N(CC(=O)N(Cc2cccc(C)c2)[C@@H](C)C(=O)NC2CCCC2)S(=O)(=O)c2ccccc2)cc1Cl. The van der Waals surface area contributed by atoms with Crippen LogP contribution in [-0.2, 0) is 26.2 Å². The third-order valence-corrected chi connectivity index (χ3v) is 9.42. The number of hydrogen-bond donors (Lipinski definition) is 1. The summed E-state index contributed by atoms with van der Waals surface area (Å²) in [6.45, 7) is 3.24. The lowest BCUT2D eigenvalue weighted by molar-refractivity contribution is -0.139. The monoisotopic (exact) mass is 597 g/mol. The van der Waals surface area contributed by atoms with E-state index in [-0.39, 0.29) is 34.1 Å². The summed E-state index contributed by atoms with van der Waals surface area (Å²) in [4.78, 5) is 28.9. The zero-order chi connectivity index (χ0) is 29.6. The molecule has 8 nitrogen and oxygen atoms in total. The second-order valence-electron chi connectivity index (χ2n) is 10.3. The molecule has 10 heteroatoms. The predicted octanol–water partition coefficient (Wildman–Crippen LogP) is 5.33. The third-order valence-electron chi connectivity index (χ3n) is 7.34. The minimum atomic E-state index is -4.18. The van der Waals surface area contributed by atoms with E-state index >= 15 is 0 Å². The highest BCUT2D eigenvalue weighted by Gasteiger charge is 2.33. The van der Waals surface area contributed by atoms with Gasteiger partial charge in [0.1, 0.15) is 18.3 Å². The summed E-state index contributed by atoms with van der Waals surface area (Å²) < 4.78 is 34.1. The van der Waals surface area contributed by atoms with Crippen LogP contribution in [0.1, 0.15) is 43.7 Å². The number of nitrogens with zero attached hydrogens (tertiary/aromatic N) is 2. The molecule has 0 unspecified atom stereocenters. The molecule has 0 spiro atoms. The van der Waals surface area contributed by atoms with E-state index in [0.717, 1.165) is 41.1 Å². The van der Waals surface area contributed by atoms with Gasteiger partial charge in [0.15, 0.2) is 0 Å². The number of hydrogen-bond acceptors (Lipinski definition) is 5. The highest BCUT2D eigenvalue weighted by atomic mass is 35.5. The van der Waals surface area contributed by atoms with E-state index < -0.39 is 28.5 Å². The highest BCUT2D eigenvalue weighted by molar-refractivity contribution is 7.92. The maximum Gasteiger partial charge on any atom is 0.264 e. The Balaban J connectivity index is 1.70. The van der Waals surface area contributed by atoms with Gasteiger partial charge in [-0.25, -0.2) is 8.42 Å². The Morgan fingerprint density at radius 3 is 2.37 bits per heavy atom. The Hall–Kier alpha value is -3.56. The molecular weight excluding hydrogens is 562 g/mol. The van der Waals surface area contributed by atoms with Gasteiger partial charge in [-0.15, -0.1) is 0 Å². The Kier molecular flexibility index (Phi) is 9.94. The van der Waals surface area contributed by atoms with Crippen LogP contribution in [0.3, 0.4) is 0 Å². The third kappa shape index (κ3) is 7.40. The molecule has 1 fully saturated rings. The van der Waals surface area contributed by atoms with E-state index in [0.29, 0.717) is 5.75 Å². The van der Waals surface area contributed by atoms with Crippen LogP contribution in [0.2, 0.25) is 5.02 Å². The lowest BCUT2D eigenvalue weighted by atomic mass is 10.1. The summed E-state index contributed by atoms with van der Waals surface area (Å²) in [7, 11) is -2.71. The minimum absolute atomic E-state index is 0.0250. The fourth-order valence-corrected chi connectivity index (χ4v) is 6.72. The molecule has 4 rings (SSSR count). The molecule has 0 heterocycles. The summed E-state index contributed by atoms with van der Waals surface area (Å²) in [6, 6.07) is 19.4. The van der Waals surface area contributed by atoms with Crippen molar-refractivity contribution in [3.63, 3.8) is 0 Å². The lowest BCUT2D eigenvalue weighted by Crippen LogP contribution is -2.52. The van der Waals surface area contributed by atoms with Crippen molar-refractivity contribution < 1.29 is 22.7 Å². The number of benzene rings is 3. The van der Waals surface area contributed by atoms with Gasteiger partial charge in [0.05, 0.1) is 22.7 Å². The van der Waals surface area contributed by atoms with Crippen LogP contribution in [0.25, 0.3) is 0 Å². The van der Waals surface area contributed by atoms with Crippen molar-refractivity contribution in [2.24, 2.45) is 0 Å². The van der Waals surface area contributed by atoms with Crippen molar-refractivity contribution in [3.05, 3.63) is 88.9 Å². The minimum Gasteiger partial charge on any atom is -0.495 e. The molecule has 1 saturated carbocycles. The lowest BCUT2D eigenvalue weighted by Gasteiger charge is -2.32. The van der Waals surface area contributed by atoms with Crippen LogP contribution in [0, 0.1) is 6.92 Å². The summed E-state index contributed by atoms with van der Waals surface area (Å²) in [5, 5.41) is 3.28. The molecule has 1 aliphatic rings. The zero-order valence-electron chi connectivity index (χ0n) is 23.5. The van der Waals surface area contributed by atoms with Gasteiger partial charge in [-0.3, -0.25) is 13.9 Å². The summed E-state index contributed by atoms with van der Waals surface area (Å²) >= 11 is 6.37. The van der Waals surface area contributed by atoms with E-state index in [1.807, 2.05) is 31.2 Å². The van der Waals surface area contributed by atoms with Crippen LogP contribution < -0.4 is 14.4 Å². The van der Waals surface area contributed by atoms with E-state index in [1.54, 1.807) is 37.3 Å². The van der Waals surface area contributed by atoms with Crippen molar-refractivity contribution in [2.45, 2.75) is 63.1 Å². The van der Waals surface area contributed by atoms with E-state index in [2.05, 4.69) is 5.32 Å². The van der Waals surface area contributed by atoms with Crippen LogP contribution in [0.5, 0.6) is 5.75 Å². The first-order valence-electron chi connectivity index (χ1n) is 13.7. The van der Waals surface area contributed by atoms with Crippen LogP contribution >= 0.6 is 11.6 Å². The molecule has 0 aromatic heterocycles. The Morgan fingerprint density at radius 2 is 1.73 bits per heavy atom. The number of aryl methyl sites for hydroxylation is 1. The number of ether oxygens (including phenoxy) is 1. The fraction of sp³-hybridized carbons (Fsp3) is 0.355. The van der Waals surface area contributed by atoms with Gasteiger partial charge in [-0.2, -0.15) is 0 Å². The van der Waals surface area contributed by atoms with Gasteiger partial charge in [0.25, 0.3) is 10.0 Å². The molecule has 0 radical (unpaired) electrons. The molecule has 2 amide bonds. The average molecular weight is 598 g/mol. The highest BCUT2D eigenvalue weighted by Crippen LogP contribution is 2.32. The quantitative estimate of drug-likeness (QED) is 0.322. The van der Waals surface area contributed by atoms with Crippen LogP contribution in [-0.4, -0.2) is 50.9 Å². The van der Waals surface area contributed by atoms with Crippen molar-refractivity contribution in [1.82, 2.24) is 10.2 Å². The first kappa shape index (κ1) is 30.4. The van der Waals surface area contributed by atoms with Crippen molar-refractivity contribution >= 4 is 39.1 Å². The number of methoxy groups -OCH3 is 1. The van der Waals surface area contributed by atoms with E-state index in [4.69, 9.17) is 16.3 Å². The summed E-state index contributed by atoms with van der Waals surface area (Å²) in [5.41, 5.74) is 2.05. The van der Waals surface area contributed by atoms with Gasteiger partial charge >= 0.3 is 0 Å². The smallest absolute Gasteiger partial charge is 0.264 e. The van der Waals surface area contributed by atoms with Gasteiger partial charge in [0, 0.05) is 12.6 Å². The molecule has 3 aromatic rings. The number of carbonyl (C=O) groups is 2. The zero-order valence-corrected chi connectivity index (χ0v) is 25.1. The van der Waals surface area contributed by atoms with Crippen molar-refractivity contribution in [1.29, 1.82) is 0 Å². The number of carbonyl (C=O) groups excluding carboxylic acids is 2. The molecule has 1 aliphatic carbocycles. The topological polar surface area (TPSA) is 96.0 Å². The second kappa shape index (κ2) is 13.4. The van der Waals surface area contributed by atoms with Crippen LogP contribution in [0.15, 0.2) is 77.7 Å². The molecule has 1 N–H and O–H groups in total. The number of sulfonamides is 1. The number of rotatable bonds is 11. The molecule has 0 aliphatic heterocycles. The number of nitrogens with one attached hydrogen (secondary N) is 1. The Bertz CT molecular complexity index is 1480. The number of amides is 2. The molecule has 0 saturated heterocycles. The standard InChI is InChI=1S/C31H36ClN3O5S/c1-22-10-9-11-24(18-22)20-34(23(2)31(37)33-25-12-7-8-13-25)30(36)21-35(26-16-17-29(40-3)28(32)19-26)41(38,39)27-14-5-4-6-15-27/h4-6,9-11,14-19,23,25H,7-8,12-13,20-21H2,1-3H3,(H,33,37)/t23-/m0/s1. The largest absolute Gasteiger partial charge is 0.495 e. The number of halogens is 1. The first-order valence-corrected chi connectivity index (χ1v) is 15.5. The van der Waals surface area contributed by atoms with Gasteiger partial charge in [0.2, 0.25) is 11.8 Å². The summed E-state index contributed by atoms with van der Waals surface area (Å²) in [5.74, 6) is -0.410. The van der Waals surface area contributed by atoms with E-state index in [1.165, 1.54) is 30.2 Å². The predicted molar refractivity (Wildman–Crippen MR) is 161 cm³/mol. The normalized spacial score (nSPS) is 14.3. The summed E-state index contributed by atoms with van der Waals surface area (Å²) in [6.07, 6.45) is 3.93. The molecule has 3 aromatic carbocycles. The molecule has 1 atom stereocenters. The molecule has 0 bridgehead atoms.